The molecule has 0 radical (unpaired) electrons. The Balaban J connectivity index is 2.89. The summed E-state index contributed by atoms with van der Waals surface area (Å²) in [6, 6.07) is 5.03. The summed E-state index contributed by atoms with van der Waals surface area (Å²) in [5.74, 6) is 0.441. The standard InChI is InChI=1S/C8H9N3O2/c1-13-11-7-5(8(9)10-11)3-2-4-6(7)12/h2-4,12H,1H3,(H2,9,10). The van der Waals surface area contributed by atoms with Crippen molar-refractivity contribution in [3.05, 3.63) is 18.2 Å². The molecule has 0 unspecified atom stereocenters. The second-order valence-corrected chi connectivity index (χ2v) is 2.61. The van der Waals surface area contributed by atoms with Crippen LogP contribution in [0.15, 0.2) is 18.2 Å². The highest BCUT2D eigenvalue weighted by Crippen LogP contribution is 2.27. The minimum Gasteiger partial charge on any atom is -0.506 e. The quantitative estimate of drug-likeness (QED) is 0.663. The Morgan fingerprint density at radius 2 is 2.31 bits per heavy atom. The van der Waals surface area contributed by atoms with Crippen molar-refractivity contribution in [3.63, 3.8) is 0 Å². The predicted molar refractivity (Wildman–Crippen MR) is 48.3 cm³/mol. The van der Waals surface area contributed by atoms with E-state index in [1.807, 2.05) is 0 Å². The Morgan fingerprint density at radius 1 is 1.54 bits per heavy atom. The highest BCUT2D eigenvalue weighted by atomic mass is 16.7. The van der Waals surface area contributed by atoms with Gasteiger partial charge in [0.2, 0.25) is 0 Å². The minimum atomic E-state index is 0.101. The molecule has 13 heavy (non-hydrogen) atoms. The summed E-state index contributed by atoms with van der Waals surface area (Å²) in [5, 5.41) is 14.1. The number of anilines is 1. The van der Waals surface area contributed by atoms with Gasteiger partial charge in [-0.1, -0.05) is 10.9 Å². The largest absolute Gasteiger partial charge is 0.506 e. The van der Waals surface area contributed by atoms with Gasteiger partial charge in [-0.2, -0.15) is 0 Å². The number of nitrogen functional groups attached to an aromatic ring is 1. The van der Waals surface area contributed by atoms with Crippen LogP contribution in [-0.2, 0) is 0 Å². The molecule has 0 bridgehead atoms. The number of para-hydroxylation sites is 1. The topological polar surface area (TPSA) is 73.3 Å². The van der Waals surface area contributed by atoms with Crippen molar-refractivity contribution in [1.29, 1.82) is 0 Å². The zero-order valence-electron chi connectivity index (χ0n) is 7.06. The lowest BCUT2D eigenvalue weighted by Crippen LogP contribution is -2.07. The van der Waals surface area contributed by atoms with Crippen LogP contribution in [0.1, 0.15) is 0 Å². The van der Waals surface area contributed by atoms with Gasteiger partial charge in [0, 0.05) is 0 Å². The van der Waals surface area contributed by atoms with Crippen LogP contribution < -0.4 is 10.6 Å². The second kappa shape index (κ2) is 2.55. The smallest absolute Gasteiger partial charge is 0.157 e. The molecule has 0 spiro atoms. The molecule has 0 saturated heterocycles. The molecule has 1 aromatic carbocycles. The zero-order valence-corrected chi connectivity index (χ0v) is 7.06. The van der Waals surface area contributed by atoms with Crippen molar-refractivity contribution in [2.45, 2.75) is 0 Å². The molecule has 68 valence electrons. The van der Waals surface area contributed by atoms with Crippen molar-refractivity contribution >= 4 is 16.7 Å². The summed E-state index contributed by atoms with van der Waals surface area (Å²) in [6.45, 7) is 0. The molecule has 1 aromatic heterocycles. The number of aromatic hydroxyl groups is 1. The van der Waals surface area contributed by atoms with Gasteiger partial charge in [0.25, 0.3) is 0 Å². The van der Waals surface area contributed by atoms with E-state index in [9.17, 15) is 5.11 Å². The maximum absolute atomic E-state index is 9.50. The Morgan fingerprint density at radius 3 is 3.00 bits per heavy atom. The molecular formula is C8H9N3O2. The number of fused-ring (bicyclic) bond motifs is 1. The Bertz CT molecular complexity index is 450. The summed E-state index contributed by atoms with van der Waals surface area (Å²) < 4.78 is 0. The van der Waals surface area contributed by atoms with Crippen molar-refractivity contribution in [3.8, 4) is 5.75 Å². The highest BCUT2D eigenvalue weighted by Gasteiger charge is 2.11. The van der Waals surface area contributed by atoms with E-state index in [1.165, 1.54) is 12.0 Å². The third-order valence-corrected chi connectivity index (χ3v) is 1.85. The molecule has 2 aromatic rings. The summed E-state index contributed by atoms with van der Waals surface area (Å²) in [6.07, 6.45) is 0. The number of hydrogen-bond donors (Lipinski definition) is 2. The van der Waals surface area contributed by atoms with E-state index in [4.69, 9.17) is 10.6 Å². The predicted octanol–water partition coefficient (Wildman–Crippen LogP) is 0.382. The average molecular weight is 179 g/mol. The number of benzene rings is 1. The molecule has 0 amide bonds. The van der Waals surface area contributed by atoms with E-state index in [2.05, 4.69) is 5.10 Å². The van der Waals surface area contributed by atoms with E-state index in [0.717, 1.165) is 0 Å². The fourth-order valence-corrected chi connectivity index (χ4v) is 1.27. The first-order valence-corrected chi connectivity index (χ1v) is 3.74. The Kier molecular flexibility index (Phi) is 1.51. The van der Waals surface area contributed by atoms with E-state index < -0.39 is 0 Å². The molecule has 2 rings (SSSR count). The number of aromatic nitrogens is 2. The fraction of sp³-hybridized carbons (Fsp3) is 0.125. The lowest BCUT2D eigenvalue weighted by atomic mass is 10.2. The summed E-state index contributed by atoms with van der Waals surface area (Å²) >= 11 is 0. The molecule has 0 aliphatic rings. The van der Waals surface area contributed by atoms with Gasteiger partial charge >= 0.3 is 0 Å². The normalized spacial score (nSPS) is 10.5. The maximum Gasteiger partial charge on any atom is 0.157 e. The van der Waals surface area contributed by atoms with Gasteiger partial charge in [0.15, 0.2) is 11.3 Å². The highest BCUT2D eigenvalue weighted by molar-refractivity contribution is 5.92. The van der Waals surface area contributed by atoms with Crippen molar-refractivity contribution < 1.29 is 9.94 Å². The molecule has 1 heterocycles. The number of rotatable bonds is 1. The van der Waals surface area contributed by atoms with Crippen LogP contribution in [-0.4, -0.2) is 22.2 Å². The number of hydrogen-bond acceptors (Lipinski definition) is 4. The first kappa shape index (κ1) is 7.72. The molecular weight excluding hydrogens is 170 g/mol. The van der Waals surface area contributed by atoms with E-state index in [1.54, 1.807) is 18.2 Å². The zero-order chi connectivity index (χ0) is 9.42. The minimum absolute atomic E-state index is 0.101. The van der Waals surface area contributed by atoms with Crippen LogP contribution in [0, 0.1) is 0 Å². The Hall–Kier alpha value is -1.91. The van der Waals surface area contributed by atoms with Gasteiger partial charge in [-0.25, -0.2) is 0 Å². The number of nitrogens with zero attached hydrogens (tertiary/aromatic N) is 2. The van der Waals surface area contributed by atoms with Crippen LogP contribution in [0.2, 0.25) is 0 Å². The molecule has 5 nitrogen and oxygen atoms in total. The monoisotopic (exact) mass is 179 g/mol. The van der Waals surface area contributed by atoms with Crippen molar-refractivity contribution in [2.24, 2.45) is 0 Å². The molecule has 0 aliphatic heterocycles. The third-order valence-electron chi connectivity index (χ3n) is 1.85. The van der Waals surface area contributed by atoms with E-state index >= 15 is 0 Å². The second-order valence-electron chi connectivity index (χ2n) is 2.61. The van der Waals surface area contributed by atoms with E-state index in [0.29, 0.717) is 16.7 Å². The van der Waals surface area contributed by atoms with E-state index in [-0.39, 0.29) is 5.75 Å². The third kappa shape index (κ3) is 0.970. The van der Waals surface area contributed by atoms with Gasteiger partial charge in [0.05, 0.1) is 5.39 Å². The van der Waals surface area contributed by atoms with Gasteiger partial charge in [-0.05, 0) is 12.1 Å². The van der Waals surface area contributed by atoms with Crippen LogP contribution in [0.25, 0.3) is 10.9 Å². The summed E-state index contributed by atoms with van der Waals surface area (Å²) in [4.78, 5) is 6.09. The first-order valence-electron chi connectivity index (χ1n) is 3.74. The molecule has 0 saturated carbocycles. The lowest BCUT2D eigenvalue weighted by Gasteiger charge is -1.99. The number of phenolic OH excluding ortho intramolecular Hbond substituents is 1. The summed E-state index contributed by atoms with van der Waals surface area (Å²) in [5.41, 5.74) is 6.09. The van der Waals surface area contributed by atoms with Gasteiger partial charge in [-0.15, -0.1) is 5.10 Å². The number of nitrogens with two attached hydrogens (primary N) is 1. The van der Waals surface area contributed by atoms with Crippen molar-refractivity contribution in [1.82, 2.24) is 9.94 Å². The van der Waals surface area contributed by atoms with Gasteiger partial charge < -0.3 is 15.7 Å². The molecule has 5 heteroatoms. The lowest BCUT2D eigenvalue weighted by molar-refractivity contribution is 0.145. The SMILES string of the molecule is COn1nc(N)c2cccc(O)c21. The van der Waals surface area contributed by atoms with Crippen molar-refractivity contribution in [2.75, 3.05) is 12.8 Å². The van der Waals surface area contributed by atoms with Crippen LogP contribution in [0.3, 0.4) is 0 Å². The first-order chi connectivity index (χ1) is 6.24. The van der Waals surface area contributed by atoms with Crippen LogP contribution in [0.5, 0.6) is 5.75 Å². The van der Waals surface area contributed by atoms with Gasteiger partial charge in [0.1, 0.15) is 12.9 Å². The Labute approximate surface area is 74.3 Å². The molecule has 0 aliphatic carbocycles. The van der Waals surface area contributed by atoms with Crippen LogP contribution >= 0.6 is 0 Å². The average Bonchev–Trinajstić information content (AvgIpc) is 2.45. The maximum atomic E-state index is 9.50. The summed E-state index contributed by atoms with van der Waals surface area (Å²) in [7, 11) is 1.46. The molecule has 0 atom stereocenters. The number of phenols is 1. The molecule has 3 N–H and O–H groups in total. The van der Waals surface area contributed by atoms with Gasteiger partial charge in [-0.3, -0.25) is 0 Å². The molecule has 0 fully saturated rings. The fourth-order valence-electron chi connectivity index (χ4n) is 1.27. The van der Waals surface area contributed by atoms with Crippen LogP contribution in [0.4, 0.5) is 5.82 Å².